The lowest BCUT2D eigenvalue weighted by Crippen LogP contribution is -2.30. The van der Waals surface area contributed by atoms with Crippen molar-refractivity contribution in [3.8, 4) is 5.75 Å². The van der Waals surface area contributed by atoms with E-state index in [1.54, 1.807) is 7.11 Å². The molecule has 21 heavy (non-hydrogen) atoms. The van der Waals surface area contributed by atoms with Crippen molar-refractivity contribution in [3.63, 3.8) is 0 Å². The Balaban J connectivity index is 2.24. The maximum Gasteiger partial charge on any atom is 0.137 e. The molecule has 0 atom stereocenters. The standard InChI is InChI=1S/C16H19ClN2O2/c1-21-11-5-6-14-12(9-11)15(13(10-20)16(17)18-14)19-7-3-2-4-8-19/h5-6,9,20H,2-4,7-8,10H2,1H3. The van der Waals surface area contributed by atoms with Crippen LogP contribution in [0.25, 0.3) is 10.9 Å². The third kappa shape index (κ3) is 2.65. The minimum atomic E-state index is -0.106. The van der Waals surface area contributed by atoms with Crippen LogP contribution in [0.1, 0.15) is 24.8 Å². The highest BCUT2D eigenvalue weighted by Crippen LogP contribution is 2.37. The Labute approximate surface area is 129 Å². The fourth-order valence-electron chi connectivity index (χ4n) is 2.98. The number of fused-ring (bicyclic) bond motifs is 1. The Bertz CT molecular complexity index is 654. The third-order valence-corrected chi connectivity index (χ3v) is 4.36. The molecule has 1 aromatic heterocycles. The second-order valence-corrected chi connectivity index (χ2v) is 5.68. The van der Waals surface area contributed by atoms with E-state index >= 15 is 0 Å². The normalized spacial score (nSPS) is 15.5. The number of halogens is 1. The number of ether oxygens (including phenoxy) is 1. The summed E-state index contributed by atoms with van der Waals surface area (Å²) >= 11 is 6.27. The molecule has 0 radical (unpaired) electrons. The lowest BCUT2D eigenvalue weighted by Gasteiger charge is -2.31. The van der Waals surface area contributed by atoms with Crippen LogP contribution in [0.5, 0.6) is 5.75 Å². The number of aliphatic hydroxyl groups is 1. The first-order valence-electron chi connectivity index (χ1n) is 7.26. The summed E-state index contributed by atoms with van der Waals surface area (Å²) in [5.41, 5.74) is 2.55. The van der Waals surface area contributed by atoms with Gasteiger partial charge >= 0.3 is 0 Å². The van der Waals surface area contributed by atoms with Gasteiger partial charge in [-0.25, -0.2) is 4.98 Å². The van der Waals surface area contributed by atoms with Gasteiger partial charge in [-0.15, -0.1) is 0 Å². The topological polar surface area (TPSA) is 45.6 Å². The molecule has 1 saturated heterocycles. The molecule has 1 fully saturated rings. The average Bonchev–Trinajstić information content (AvgIpc) is 2.54. The lowest BCUT2D eigenvalue weighted by molar-refractivity contribution is 0.281. The van der Waals surface area contributed by atoms with E-state index in [4.69, 9.17) is 16.3 Å². The van der Waals surface area contributed by atoms with E-state index in [1.165, 1.54) is 6.42 Å². The SMILES string of the molecule is COc1ccc2nc(Cl)c(CO)c(N3CCCCC3)c2c1. The summed E-state index contributed by atoms with van der Waals surface area (Å²) in [7, 11) is 1.65. The molecule has 2 aromatic rings. The quantitative estimate of drug-likeness (QED) is 0.883. The van der Waals surface area contributed by atoms with E-state index < -0.39 is 0 Å². The molecule has 0 saturated carbocycles. The molecule has 1 aliphatic rings. The second kappa shape index (κ2) is 6.08. The predicted molar refractivity (Wildman–Crippen MR) is 85.3 cm³/mol. The molecule has 4 nitrogen and oxygen atoms in total. The number of rotatable bonds is 3. The zero-order valence-electron chi connectivity index (χ0n) is 12.1. The van der Waals surface area contributed by atoms with Gasteiger partial charge in [0.15, 0.2) is 0 Å². The van der Waals surface area contributed by atoms with Crippen LogP contribution >= 0.6 is 11.6 Å². The molecule has 112 valence electrons. The van der Waals surface area contributed by atoms with Crippen molar-refractivity contribution in [2.75, 3.05) is 25.1 Å². The van der Waals surface area contributed by atoms with E-state index in [9.17, 15) is 5.11 Å². The van der Waals surface area contributed by atoms with Crippen molar-refractivity contribution >= 4 is 28.2 Å². The van der Waals surface area contributed by atoms with Crippen molar-refractivity contribution in [1.82, 2.24) is 4.98 Å². The molecule has 0 unspecified atom stereocenters. The Morgan fingerprint density at radius 2 is 2.05 bits per heavy atom. The van der Waals surface area contributed by atoms with Gasteiger partial charge in [-0.05, 0) is 37.5 Å². The average molecular weight is 307 g/mol. The van der Waals surface area contributed by atoms with Gasteiger partial charge in [0.2, 0.25) is 0 Å². The van der Waals surface area contributed by atoms with Crippen molar-refractivity contribution in [2.24, 2.45) is 0 Å². The van der Waals surface area contributed by atoms with Gasteiger partial charge in [0.1, 0.15) is 10.9 Å². The molecular formula is C16H19ClN2O2. The first kappa shape index (κ1) is 14.4. The van der Waals surface area contributed by atoms with Crippen molar-refractivity contribution in [2.45, 2.75) is 25.9 Å². The third-order valence-electron chi connectivity index (χ3n) is 4.04. The van der Waals surface area contributed by atoms with Gasteiger partial charge in [-0.2, -0.15) is 0 Å². The molecular weight excluding hydrogens is 288 g/mol. The molecule has 1 N–H and O–H groups in total. The largest absolute Gasteiger partial charge is 0.497 e. The fraction of sp³-hybridized carbons (Fsp3) is 0.438. The summed E-state index contributed by atoms with van der Waals surface area (Å²) < 4.78 is 5.33. The molecule has 0 amide bonds. The number of methoxy groups -OCH3 is 1. The Hall–Kier alpha value is -1.52. The number of anilines is 1. The summed E-state index contributed by atoms with van der Waals surface area (Å²) in [6.45, 7) is 1.87. The minimum absolute atomic E-state index is 0.106. The van der Waals surface area contributed by atoms with Gasteiger partial charge in [0, 0.05) is 24.0 Å². The highest BCUT2D eigenvalue weighted by Gasteiger charge is 2.21. The van der Waals surface area contributed by atoms with Crippen molar-refractivity contribution in [3.05, 3.63) is 28.9 Å². The van der Waals surface area contributed by atoms with Gasteiger partial charge in [0.25, 0.3) is 0 Å². The molecule has 3 rings (SSSR count). The fourth-order valence-corrected chi connectivity index (χ4v) is 3.22. The zero-order chi connectivity index (χ0) is 14.8. The first-order valence-corrected chi connectivity index (χ1v) is 7.64. The summed E-state index contributed by atoms with van der Waals surface area (Å²) in [5.74, 6) is 0.786. The van der Waals surface area contributed by atoms with E-state index in [-0.39, 0.29) is 6.61 Å². The maximum atomic E-state index is 9.73. The number of piperidine rings is 1. The summed E-state index contributed by atoms with van der Waals surface area (Å²) in [6.07, 6.45) is 3.58. The van der Waals surface area contributed by atoms with Crippen LogP contribution in [-0.2, 0) is 6.61 Å². The minimum Gasteiger partial charge on any atom is -0.497 e. The van der Waals surface area contributed by atoms with Gasteiger partial charge < -0.3 is 14.7 Å². The number of aromatic nitrogens is 1. The van der Waals surface area contributed by atoms with Gasteiger partial charge in [0.05, 0.1) is 24.9 Å². The van der Waals surface area contributed by atoms with Crippen LogP contribution in [0.4, 0.5) is 5.69 Å². The predicted octanol–water partition coefficient (Wildman–Crippen LogP) is 3.38. The smallest absolute Gasteiger partial charge is 0.137 e. The van der Waals surface area contributed by atoms with E-state index in [0.29, 0.717) is 10.7 Å². The molecule has 1 aliphatic heterocycles. The Morgan fingerprint density at radius 1 is 1.29 bits per heavy atom. The molecule has 0 spiro atoms. The molecule has 0 bridgehead atoms. The van der Waals surface area contributed by atoms with Crippen LogP contribution in [-0.4, -0.2) is 30.3 Å². The number of hydrogen-bond acceptors (Lipinski definition) is 4. The molecule has 0 aliphatic carbocycles. The Kier molecular flexibility index (Phi) is 4.17. The van der Waals surface area contributed by atoms with Crippen LogP contribution < -0.4 is 9.64 Å². The maximum absolute atomic E-state index is 9.73. The highest BCUT2D eigenvalue weighted by molar-refractivity contribution is 6.31. The number of hydrogen-bond donors (Lipinski definition) is 1. The summed E-state index contributed by atoms with van der Waals surface area (Å²) in [5, 5.41) is 11.1. The number of aliphatic hydroxyl groups excluding tert-OH is 1. The first-order chi connectivity index (χ1) is 10.2. The zero-order valence-corrected chi connectivity index (χ0v) is 12.9. The highest BCUT2D eigenvalue weighted by atomic mass is 35.5. The second-order valence-electron chi connectivity index (χ2n) is 5.32. The van der Waals surface area contributed by atoms with E-state index in [2.05, 4.69) is 9.88 Å². The molecule has 5 heteroatoms. The molecule has 2 heterocycles. The van der Waals surface area contributed by atoms with Crippen LogP contribution in [0, 0.1) is 0 Å². The Morgan fingerprint density at radius 3 is 2.71 bits per heavy atom. The summed E-state index contributed by atoms with van der Waals surface area (Å²) in [4.78, 5) is 6.71. The van der Waals surface area contributed by atoms with Gasteiger partial charge in [-0.1, -0.05) is 11.6 Å². The van der Waals surface area contributed by atoms with Crippen LogP contribution in [0.2, 0.25) is 5.15 Å². The van der Waals surface area contributed by atoms with Crippen LogP contribution in [0.3, 0.4) is 0 Å². The lowest BCUT2D eigenvalue weighted by atomic mass is 10.0. The number of nitrogens with zero attached hydrogens (tertiary/aromatic N) is 2. The monoisotopic (exact) mass is 306 g/mol. The van der Waals surface area contributed by atoms with Gasteiger partial charge in [-0.3, -0.25) is 0 Å². The van der Waals surface area contributed by atoms with E-state index in [0.717, 1.165) is 48.3 Å². The van der Waals surface area contributed by atoms with Crippen molar-refractivity contribution < 1.29 is 9.84 Å². The van der Waals surface area contributed by atoms with Crippen LogP contribution in [0.15, 0.2) is 18.2 Å². The molecule has 1 aromatic carbocycles. The number of benzene rings is 1. The summed E-state index contributed by atoms with van der Waals surface area (Å²) in [6, 6.07) is 5.76. The van der Waals surface area contributed by atoms with Crippen molar-refractivity contribution in [1.29, 1.82) is 0 Å². The number of pyridine rings is 1. The van der Waals surface area contributed by atoms with E-state index in [1.807, 2.05) is 18.2 Å².